The SMILES string of the molecule is Cc1ccc(C2(C)NC(=O)N(CC3(O)CCCCC3)C2=O)o1. The number of hydrogen-bond acceptors (Lipinski definition) is 4. The van der Waals surface area contributed by atoms with Crippen molar-refractivity contribution in [3.05, 3.63) is 23.7 Å². The van der Waals surface area contributed by atoms with Crippen molar-refractivity contribution in [2.75, 3.05) is 6.54 Å². The largest absolute Gasteiger partial charge is 0.463 e. The van der Waals surface area contributed by atoms with Crippen LogP contribution < -0.4 is 5.32 Å². The lowest BCUT2D eigenvalue weighted by Gasteiger charge is -2.34. The van der Waals surface area contributed by atoms with Crippen molar-refractivity contribution >= 4 is 11.9 Å². The van der Waals surface area contributed by atoms with Gasteiger partial charge in [0.25, 0.3) is 5.91 Å². The van der Waals surface area contributed by atoms with Crippen molar-refractivity contribution in [1.82, 2.24) is 10.2 Å². The molecule has 1 unspecified atom stereocenters. The lowest BCUT2D eigenvalue weighted by Crippen LogP contribution is -2.47. The van der Waals surface area contributed by atoms with E-state index in [0.717, 1.165) is 24.2 Å². The van der Waals surface area contributed by atoms with Crippen LogP contribution in [0.5, 0.6) is 0 Å². The van der Waals surface area contributed by atoms with Gasteiger partial charge in [-0.2, -0.15) is 0 Å². The molecule has 1 aliphatic carbocycles. The van der Waals surface area contributed by atoms with Gasteiger partial charge in [0, 0.05) is 0 Å². The Morgan fingerprint density at radius 3 is 2.55 bits per heavy atom. The number of nitrogens with one attached hydrogen (secondary N) is 1. The Balaban J connectivity index is 1.82. The first-order chi connectivity index (χ1) is 10.3. The predicted molar refractivity (Wildman–Crippen MR) is 79.1 cm³/mol. The van der Waals surface area contributed by atoms with E-state index in [1.807, 2.05) is 0 Å². The first kappa shape index (κ1) is 15.1. The van der Waals surface area contributed by atoms with E-state index in [2.05, 4.69) is 5.32 Å². The van der Waals surface area contributed by atoms with Gasteiger partial charge in [-0.25, -0.2) is 4.79 Å². The van der Waals surface area contributed by atoms with E-state index in [4.69, 9.17) is 4.42 Å². The van der Waals surface area contributed by atoms with E-state index in [-0.39, 0.29) is 12.5 Å². The Morgan fingerprint density at radius 1 is 1.27 bits per heavy atom. The summed E-state index contributed by atoms with van der Waals surface area (Å²) in [4.78, 5) is 26.1. The fraction of sp³-hybridized carbons (Fsp3) is 0.625. The maximum absolute atomic E-state index is 12.7. The Morgan fingerprint density at radius 2 is 1.95 bits per heavy atom. The summed E-state index contributed by atoms with van der Waals surface area (Å²) >= 11 is 0. The first-order valence-electron chi connectivity index (χ1n) is 7.77. The molecule has 1 saturated heterocycles. The molecule has 2 N–H and O–H groups in total. The van der Waals surface area contributed by atoms with Gasteiger partial charge in [0.1, 0.15) is 11.5 Å². The lowest BCUT2D eigenvalue weighted by molar-refractivity contribution is -0.134. The molecule has 120 valence electrons. The maximum Gasteiger partial charge on any atom is 0.325 e. The molecule has 22 heavy (non-hydrogen) atoms. The van der Waals surface area contributed by atoms with E-state index >= 15 is 0 Å². The Labute approximate surface area is 129 Å². The number of amides is 3. The second-order valence-corrected chi connectivity index (χ2v) is 6.64. The molecule has 2 fully saturated rings. The highest BCUT2D eigenvalue weighted by Crippen LogP contribution is 2.34. The summed E-state index contributed by atoms with van der Waals surface area (Å²) in [6.45, 7) is 3.47. The molecule has 3 rings (SSSR count). The lowest BCUT2D eigenvalue weighted by atomic mass is 9.84. The van der Waals surface area contributed by atoms with Gasteiger partial charge in [-0.3, -0.25) is 9.69 Å². The maximum atomic E-state index is 12.7. The molecule has 1 atom stereocenters. The van der Waals surface area contributed by atoms with E-state index in [9.17, 15) is 14.7 Å². The molecule has 0 bridgehead atoms. The van der Waals surface area contributed by atoms with E-state index in [1.165, 1.54) is 0 Å². The number of urea groups is 1. The van der Waals surface area contributed by atoms with Crippen LogP contribution in [0.2, 0.25) is 0 Å². The Kier molecular flexibility index (Phi) is 3.51. The van der Waals surface area contributed by atoms with Gasteiger partial charge in [0.05, 0.1) is 12.1 Å². The molecule has 2 aliphatic rings. The molecule has 0 spiro atoms. The van der Waals surface area contributed by atoms with Crippen LogP contribution >= 0.6 is 0 Å². The number of rotatable bonds is 3. The van der Waals surface area contributed by atoms with Gasteiger partial charge >= 0.3 is 6.03 Å². The van der Waals surface area contributed by atoms with Crippen molar-refractivity contribution in [2.45, 2.75) is 57.1 Å². The summed E-state index contributed by atoms with van der Waals surface area (Å²) in [5, 5.41) is 13.3. The monoisotopic (exact) mass is 306 g/mol. The number of β-amino-alcohol motifs (C(OH)–C–C–N with tert-alkyl or cyclic N) is 1. The number of aliphatic hydroxyl groups is 1. The molecule has 1 aliphatic heterocycles. The molecule has 1 aromatic rings. The third kappa shape index (κ3) is 2.41. The number of hydrogen-bond donors (Lipinski definition) is 2. The first-order valence-corrected chi connectivity index (χ1v) is 7.77. The van der Waals surface area contributed by atoms with E-state index in [0.29, 0.717) is 24.4 Å². The minimum Gasteiger partial charge on any atom is -0.463 e. The van der Waals surface area contributed by atoms with Crippen molar-refractivity contribution in [1.29, 1.82) is 0 Å². The Hall–Kier alpha value is -1.82. The molecule has 6 heteroatoms. The number of aryl methyl sites for hydroxylation is 1. The molecule has 6 nitrogen and oxygen atoms in total. The summed E-state index contributed by atoms with van der Waals surface area (Å²) in [6.07, 6.45) is 4.19. The van der Waals surface area contributed by atoms with E-state index in [1.54, 1.807) is 26.0 Å². The highest BCUT2D eigenvalue weighted by Gasteiger charge is 2.52. The molecular weight excluding hydrogens is 284 g/mol. The van der Waals surface area contributed by atoms with Crippen molar-refractivity contribution < 1.29 is 19.1 Å². The summed E-state index contributed by atoms with van der Waals surface area (Å²) in [5.41, 5.74) is -2.16. The predicted octanol–water partition coefficient (Wildman–Crippen LogP) is 2.05. The quantitative estimate of drug-likeness (QED) is 0.837. The zero-order chi connectivity index (χ0) is 16.0. The van der Waals surface area contributed by atoms with Crippen LogP contribution in [0, 0.1) is 6.92 Å². The van der Waals surface area contributed by atoms with E-state index < -0.39 is 17.2 Å². The minimum absolute atomic E-state index is 0.0486. The zero-order valence-corrected chi connectivity index (χ0v) is 13.0. The molecule has 2 heterocycles. The van der Waals surface area contributed by atoms with Crippen LogP contribution in [-0.2, 0) is 10.3 Å². The molecule has 3 amide bonds. The van der Waals surface area contributed by atoms with Crippen LogP contribution in [0.3, 0.4) is 0 Å². The summed E-state index contributed by atoms with van der Waals surface area (Å²) in [7, 11) is 0. The van der Waals surface area contributed by atoms with Gasteiger partial charge < -0.3 is 14.8 Å². The topological polar surface area (TPSA) is 82.8 Å². The van der Waals surface area contributed by atoms with Gasteiger partial charge in [-0.05, 0) is 38.8 Å². The fourth-order valence-corrected chi connectivity index (χ4v) is 3.37. The van der Waals surface area contributed by atoms with Crippen LogP contribution in [-0.4, -0.2) is 34.1 Å². The van der Waals surface area contributed by atoms with Crippen LogP contribution in [0.1, 0.15) is 50.5 Å². The highest BCUT2D eigenvalue weighted by molar-refractivity contribution is 6.07. The van der Waals surface area contributed by atoms with Crippen LogP contribution in [0.4, 0.5) is 4.79 Å². The molecule has 0 aromatic carbocycles. The number of imide groups is 1. The number of furan rings is 1. The number of nitrogens with zero attached hydrogens (tertiary/aromatic N) is 1. The van der Waals surface area contributed by atoms with Gasteiger partial charge in [-0.15, -0.1) is 0 Å². The van der Waals surface area contributed by atoms with Gasteiger partial charge in [-0.1, -0.05) is 19.3 Å². The van der Waals surface area contributed by atoms with Gasteiger partial charge in [0.15, 0.2) is 5.54 Å². The fourth-order valence-electron chi connectivity index (χ4n) is 3.37. The third-order valence-electron chi connectivity index (χ3n) is 4.74. The minimum atomic E-state index is -1.20. The smallest absolute Gasteiger partial charge is 0.325 e. The second-order valence-electron chi connectivity index (χ2n) is 6.64. The molecule has 1 aromatic heterocycles. The molecule has 0 radical (unpaired) electrons. The second kappa shape index (κ2) is 5.12. The van der Waals surface area contributed by atoms with Crippen molar-refractivity contribution in [3.63, 3.8) is 0 Å². The normalized spacial score (nSPS) is 28.0. The van der Waals surface area contributed by atoms with Crippen LogP contribution in [0.15, 0.2) is 16.5 Å². The zero-order valence-electron chi connectivity index (χ0n) is 13.0. The number of carbonyl (C=O) groups excluding carboxylic acids is 2. The molecule has 1 saturated carbocycles. The third-order valence-corrected chi connectivity index (χ3v) is 4.74. The molecular formula is C16H22N2O4. The summed E-state index contributed by atoms with van der Waals surface area (Å²) < 4.78 is 5.53. The average Bonchev–Trinajstić information content (AvgIpc) is 2.99. The highest BCUT2D eigenvalue weighted by atomic mass is 16.3. The van der Waals surface area contributed by atoms with Crippen molar-refractivity contribution in [2.24, 2.45) is 0 Å². The van der Waals surface area contributed by atoms with Gasteiger partial charge in [0.2, 0.25) is 0 Å². The van der Waals surface area contributed by atoms with Crippen molar-refractivity contribution in [3.8, 4) is 0 Å². The Bertz CT molecular complexity index is 603. The summed E-state index contributed by atoms with van der Waals surface area (Å²) in [6, 6.07) is 2.99. The standard InChI is InChI=1S/C16H22N2O4/c1-11-6-7-12(22-11)15(2)13(19)18(14(20)17-15)10-16(21)8-4-3-5-9-16/h6-7,21H,3-5,8-10H2,1-2H3,(H,17,20). The summed E-state index contributed by atoms with van der Waals surface area (Å²) in [5.74, 6) is 0.731. The average molecular weight is 306 g/mol. The number of carbonyl (C=O) groups is 2. The van der Waals surface area contributed by atoms with Crippen LogP contribution in [0.25, 0.3) is 0 Å².